The Morgan fingerprint density at radius 1 is 1.33 bits per heavy atom. The predicted molar refractivity (Wildman–Crippen MR) is 73.6 cm³/mol. The van der Waals surface area contributed by atoms with Gasteiger partial charge in [0.15, 0.2) is 0 Å². The Bertz CT molecular complexity index is 433. The zero-order valence-electron chi connectivity index (χ0n) is 11.9. The van der Waals surface area contributed by atoms with Gasteiger partial charge in [-0.15, -0.1) is 0 Å². The van der Waals surface area contributed by atoms with Gasteiger partial charge in [-0.1, -0.05) is 18.2 Å². The summed E-state index contributed by atoms with van der Waals surface area (Å²) in [4.78, 5) is 11.5. The Hall–Kier alpha value is -1.35. The second-order valence-electron chi connectivity index (χ2n) is 5.50. The first-order valence-corrected chi connectivity index (χ1v) is 6.18. The summed E-state index contributed by atoms with van der Waals surface area (Å²) in [6, 6.07) is 6.22. The van der Waals surface area contributed by atoms with E-state index < -0.39 is 5.54 Å². The largest absolute Gasteiger partial charge is 0.469 e. The Balaban J connectivity index is 3.10. The van der Waals surface area contributed by atoms with E-state index in [0.717, 1.165) is 5.56 Å². The lowest BCUT2D eigenvalue weighted by Crippen LogP contribution is -2.40. The molecule has 0 saturated heterocycles. The minimum atomic E-state index is -0.462. The van der Waals surface area contributed by atoms with Crippen LogP contribution in [0.4, 0.5) is 0 Å². The highest BCUT2D eigenvalue weighted by molar-refractivity contribution is 5.70. The van der Waals surface area contributed by atoms with Crippen molar-refractivity contribution in [1.29, 1.82) is 0 Å². The Kier molecular flexibility index (Phi) is 4.52. The number of carbonyl (C=O) groups excluding carboxylic acids is 1. The molecule has 1 aromatic rings. The number of hydrogen-bond donors (Lipinski definition) is 1. The lowest BCUT2D eigenvalue weighted by atomic mass is 9.79. The van der Waals surface area contributed by atoms with Crippen molar-refractivity contribution in [3.63, 3.8) is 0 Å². The van der Waals surface area contributed by atoms with Crippen molar-refractivity contribution >= 4 is 5.97 Å². The van der Waals surface area contributed by atoms with Gasteiger partial charge in [0.05, 0.1) is 13.5 Å². The van der Waals surface area contributed by atoms with Crippen LogP contribution in [0.3, 0.4) is 0 Å². The summed E-state index contributed by atoms with van der Waals surface area (Å²) in [5.74, 6) is -0.263. The molecule has 0 aliphatic rings. The second kappa shape index (κ2) is 5.53. The smallest absolute Gasteiger partial charge is 0.306 e. The highest BCUT2D eigenvalue weighted by atomic mass is 16.5. The van der Waals surface area contributed by atoms with E-state index in [2.05, 4.69) is 26.0 Å². The van der Waals surface area contributed by atoms with E-state index in [1.165, 1.54) is 18.2 Å². The summed E-state index contributed by atoms with van der Waals surface area (Å²) in [7, 11) is 1.41. The van der Waals surface area contributed by atoms with Gasteiger partial charge in [0.1, 0.15) is 0 Å². The molecule has 0 radical (unpaired) electrons. The molecule has 0 aromatic heterocycles. The van der Waals surface area contributed by atoms with E-state index in [9.17, 15) is 4.79 Å². The maximum absolute atomic E-state index is 11.5. The summed E-state index contributed by atoms with van der Waals surface area (Å²) in [6.07, 6.45) is 0.308. The van der Waals surface area contributed by atoms with E-state index in [-0.39, 0.29) is 11.9 Å². The zero-order chi connectivity index (χ0) is 13.9. The Morgan fingerprint density at radius 2 is 1.94 bits per heavy atom. The highest BCUT2D eigenvalue weighted by Crippen LogP contribution is 2.31. The third kappa shape index (κ3) is 3.57. The van der Waals surface area contributed by atoms with E-state index in [0.29, 0.717) is 6.42 Å². The predicted octanol–water partition coefficient (Wildman–Crippen LogP) is 2.69. The van der Waals surface area contributed by atoms with Crippen LogP contribution in [-0.2, 0) is 9.53 Å². The quantitative estimate of drug-likeness (QED) is 0.835. The summed E-state index contributed by atoms with van der Waals surface area (Å²) in [5.41, 5.74) is 9.28. The summed E-state index contributed by atoms with van der Waals surface area (Å²) in [5, 5.41) is 0. The molecule has 3 nitrogen and oxygen atoms in total. The molecule has 0 fully saturated rings. The van der Waals surface area contributed by atoms with Crippen LogP contribution in [-0.4, -0.2) is 18.6 Å². The lowest BCUT2D eigenvalue weighted by molar-refractivity contribution is -0.141. The summed E-state index contributed by atoms with van der Waals surface area (Å²) >= 11 is 0. The molecule has 2 N–H and O–H groups in total. The first kappa shape index (κ1) is 14.7. The number of ether oxygens (including phenoxy) is 1. The molecule has 0 heterocycles. The number of carbonyl (C=O) groups is 1. The fourth-order valence-corrected chi connectivity index (χ4v) is 2.04. The van der Waals surface area contributed by atoms with Crippen molar-refractivity contribution in [2.75, 3.05) is 7.11 Å². The molecule has 0 amide bonds. The molecule has 1 rings (SSSR count). The molecule has 3 heteroatoms. The van der Waals surface area contributed by atoms with Crippen LogP contribution in [0.25, 0.3) is 0 Å². The van der Waals surface area contributed by atoms with Crippen molar-refractivity contribution in [3.8, 4) is 0 Å². The van der Waals surface area contributed by atoms with Crippen molar-refractivity contribution in [2.45, 2.75) is 45.6 Å². The average molecular weight is 249 g/mol. The lowest BCUT2D eigenvalue weighted by Gasteiger charge is -2.30. The number of esters is 1. The molecule has 1 unspecified atom stereocenters. The van der Waals surface area contributed by atoms with Crippen LogP contribution in [0, 0.1) is 13.8 Å². The minimum absolute atomic E-state index is 0.0377. The highest BCUT2D eigenvalue weighted by Gasteiger charge is 2.29. The van der Waals surface area contributed by atoms with Gasteiger partial charge >= 0.3 is 5.97 Å². The first-order valence-electron chi connectivity index (χ1n) is 6.18. The van der Waals surface area contributed by atoms with E-state index >= 15 is 0 Å². The van der Waals surface area contributed by atoms with Crippen molar-refractivity contribution in [2.24, 2.45) is 5.73 Å². The van der Waals surface area contributed by atoms with Crippen LogP contribution in [0.2, 0.25) is 0 Å². The fourth-order valence-electron chi connectivity index (χ4n) is 2.04. The topological polar surface area (TPSA) is 52.3 Å². The molecule has 0 aliphatic carbocycles. The number of hydrogen-bond acceptors (Lipinski definition) is 3. The van der Waals surface area contributed by atoms with E-state index in [4.69, 9.17) is 10.5 Å². The van der Waals surface area contributed by atoms with Crippen molar-refractivity contribution in [3.05, 3.63) is 34.9 Å². The number of rotatable bonds is 4. The van der Waals surface area contributed by atoms with Gasteiger partial charge in [0, 0.05) is 11.5 Å². The van der Waals surface area contributed by atoms with Gasteiger partial charge in [-0.25, -0.2) is 0 Å². The van der Waals surface area contributed by atoms with E-state index in [1.807, 2.05) is 19.9 Å². The van der Waals surface area contributed by atoms with Gasteiger partial charge in [-0.05, 0) is 44.4 Å². The monoisotopic (exact) mass is 249 g/mol. The van der Waals surface area contributed by atoms with Gasteiger partial charge in [-0.2, -0.15) is 0 Å². The number of benzene rings is 1. The second-order valence-corrected chi connectivity index (χ2v) is 5.50. The molecular weight excluding hydrogens is 226 g/mol. The normalized spacial score (nSPS) is 13.2. The molecule has 0 saturated carbocycles. The Morgan fingerprint density at radius 3 is 2.39 bits per heavy atom. The third-order valence-corrected chi connectivity index (χ3v) is 3.43. The molecular formula is C15H23NO2. The van der Waals surface area contributed by atoms with Crippen LogP contribution >= 0.6 is 0 Å². The maximum Gasteiger partial charge on any atom is 0.306 e. The molecule has 1 atom stereocenters. The van der Waals surface area contributed by atoms with Crippen LogP contribution < -0.4 is 5.73 Å². The summed E-state index contributed by atoms with van der Waals surface area (Å²) < 4.78 is 4.76. The average Bonchev–Trinajstić information content (AvgIpc) is 2.28. The number of aryl methyl sites for hydroxylation is 2. The Labute approximate surface area is 109 Å². The first-order chi connectivity index (χ1) is 8.25. The standard InChI is InChI=1S/C15H23NO2/c1-10-6-7-12(8-11(10)2)13(15(3,4)16)9-14(17)18-5/h6-8,13H,9,16H2,1-5H3. The van der Waals surface area contributed by atoms with Crippen LogP contribution in [0.15, 0.2) is 18.2 Å². The third-order valence-electron chi connectivity index (χ3n) is 3.43. The SMILES string of the molecule is COC(=O)CC(c1ccc(C)c(C)c1)C(C)(C)N. The molecule has 18 heavy (non-hydrogen) atoms. The van der Waals surface area contributed by atoms with Crippen LogP contribution in [0.5, 0.6) is 0 Å². The molecule has 0 bridgehead atoms. The van der Waals surface area contributed by atoms with Crippen LogP contribution in [0.1, 0.15) is 42.9 Å². The van der Waals surface area contributed by atoms with Gasteiger partial charge in [-0.3, -0.25) is 4.79 Å². The maximum atomic E-state index is 11.5. The molecule has 100 valence electrons. The van der Waals surface area contributed by atoms with Gasteiger partial charge in [0.25, 0.3) is 0 Å². The van der Waals surface area contributed by atoms with E-state index in [1.54, 1.807) is 0 Å². The van der Waals surface area contributed by atoms with Gasteiger partial charge in [0.2, 0.25) is 0 Å². The van der Waals surface area contributed by atoms with Crippen molar-refractivity contribution < 1.29 is 9.53 Å². The summed E-state index contributed by atoms with van der Waals surface area (Å²) in [6.45, 7) is 8.02. The molecule has 0 spiro atoms. The number of methoxy groups -OCH3 is 1. The zero-order valence-corrected chi connectivity index (χ0v) is 11.9. The molecule has 0 aliphatic heterocycles. The van der Waals surface area contributed by atoms with Crippen molar-refractivity contribution in [1.82, 2.24) is 0 Å². The minimum Gasteiger partial charge on any atom is -0.469 e. The van der Waals surface area contributed by atoms with Gasteiger partial charge < -0.3 is 10.5 Å². The molecule has 1 aromatic carbocycles. The number of nitrogens with two attached hydrogens (primary N) is 1. The fraction of sp³-hybridized carbons (Fsp3) is 0.533.